The molecule has 16 heavy (non-hydrogen) atoms. The van der Waals surface area contributed by atoms with Gasteiger partial charge >= 0.3 is 0 Å². The van der Waals surface area contributed by atoms with Crippen molar-refractivity contribution in [2.75, 3.05) is 5.32 Å². The lowest BCUT2D eigenvalue weighted by molar-refractivity contribution is 0.373. The quantitative estimate of drug-likeness (QED) is 0.857. The minimum atomic E-state index is 0.359. The Morgan fingerprint density at radius 3 is 2.88 bits per heavy atom. The zero-order chi connectivity index (χ0) is 11.5. The van der Waals surface area contributed by atoms with Gasteiger partial charge in [0.1, 0.15) is 5.76 Å². The maximum atomic E-state index is 5.18. The second-order valence-electron chi connectivity index (χ2n) is 4.10. The maximum Gasteiger partial charge on any atom is 0.169 e. The Labute approximate surface area is 94.4 Å². The molecule has 0 unspecified atom stereocenters. The van der Waals surface area contributed by atoms with Gasteiger partial charge in [0, 0.05) is 25.2 Å². The van der Waals surface area contributed by atoms with Gasteiger partial charge in [0.2, 0.25) is 0 Å². The van der Waals surface area contributed by atoms with E-state index in [4.69, 9.17) is 4.52 Å². The molecule has 2 aromatic rings. The minimum absolute atomic E-state index is 0.359. The van der Waals surface area contributed by atoms with E-state index in [1.165, 1.54) is 0 Å². The van der Waals surface area contributed by atoms with Gasteiger partial charge in [0.25, 0.3) is 0 Å². The Morgan fingerprint density at radius 2 is 2.31 bits per heavy atom. The number of aromatic nitrogens is 3. The summed E-state index contributed by atoms with van der Waals surface area (Å²) in [6, 6.07) is 3.89. The fourth-order valence-electron chi connectivity index (χ4n) is 1.38. The van der Waals surface area contributed by atoms with Crippen LogP contribution in [0.15, 0.2) is 22.9 Å². The van der Waals surface area contributed by atoms with Crippen LogP contribution in [-0.2, 0) is 13.6 Å². The number of hydrogen-bond acceptors (Lipinski definition) is 4. The summed E-state index contributed by atoms with van der Waals surface area (Å²) < 4.78 is 6.96. The van der Waals surface area contributed by atoms with E-state index in [0.717, 1.165) is 17.3 Å². The highest BCUT2D eigenvalue weighted by Gasteiger charge is 2.07. The second-order valence-corrected chi connectivity index (χ2v) is 4.10. The first-order valence-corrected chi connectivity index (χ1v) is 5.34. The van der Waals surface area contributed by atoms with Gasteiger partial charge in [-0.05, 0) is 6.07 Å². The third-order valence-electron chi connectivity index (χ3n) is 2.32. The highest BCUT2D eigenvalue weighted by molar-refractivity contribution is 5.35. The van der Waals surface area contributed by atoms with E-state index in [1.54, 1.807) is 4.68 Å². The topological polar surface area (TPSA) is 55.9 Å². The van der Waals surface area contributed by atoms with Crippen LogP contribution in [-0.4, -0.2) is 14.9 Å². The molecule has 0 radical (unpaired) electrons. The van der Waals surface area contributed by atoms with Crippen LogP contribution in [0.2, 0.25) is 0 Å². The van der Waals surface area contributed by atoms with Gasteiger partial charge < -0.3 is 9.84 Å². The van der Waals surface area contributed by atoms with Crippen molar-refractivity contribution in [2.45, 2.75) is 26.3 Å². The van der Waals surface area contributed by atoms with Crippen LogP contribution < -0.4 is 5.32 Å². The molecule has 0 saturated heterocycles. The van der Waals surface area contributed by atoms with Crippen molar-refractivity contribution in [1.82, 2.24) is 14.9 Å². The fourth-order valence-corrected chi connectivity index (χ4v) is 1.38. The monoisotopic (exact) mass is 220 g/mol. The van der Waals surface area contributed by atoms with Crippen LogP contribution in [0.5, 0.6) is 0 Å². The molecule has 2 heterocycles. The average molecular weight is 220 g/mol. The van der Waals surface area contributed by atoms with Gasteiger partial charge in [-0.1, -0.05) is 19.0 Å². The van der Waals surface area contributed by atoms with Crippen molar-refractivity contribution < 1.29 is 4.52 Å². The van der Waals surface area contributed by atoms with Gasteiger partial charge in [-0.15, -0.1) is 0 Å². The first-order valence-electron chi connectivity index (χ1n) is 5.34. The Bertz CT molecular complexity index is 458. The number of hydrogen-bond donors (Lipinski definition) is 1. The number of nitrogens with zero attached hydrogens (tertiary/aromatic N) is 3. The molecule has 0 amide bonds. The van der Waals surface area contributed by atoms with Crippen LogP contribution in [0.25, 0.3) is 0 Å². The van der Waals surface area contributed by atoms with Gasteiger partial charge in [-0.2, -0.15) is 5.10 Å². The molecule has 2 rings (SSSR count). The molecule has 5 heteroatoms. The lowest BCUT2D eigenvalue weighted by Crippen LogP contribution is -2.01. The van der Waals surface area contributed by atoms with Crippen molar-refractivity contribution in [3.8, 4) is 0 Å². The molecule has 0 atom stereocenters. The normalized spacial score (nSPS) is 11.0. The van der Waals surface area contributed by atoms with Crippen LogP contribution in [0.4, 0.5) is 5.82 Å². The van der Waals surface area contributed by atoms with E-state index in [0.29, 0.717) is 12.5 Å². The molecule has 0 aliphatic heterocycles. The Morgan fingerprint density at radius 1 is 1.50 bits per heavy atom. The summed E-state index contributed by atoms with van der Waals surface area (Å²) in [4.78, 5) is 0. The Hall–Kier alpha value is -1.78. The highest BCUT2D eigenvalue weighted by Crippen LogP contribution is 2.17. The molecule has 0 aliphatic rings. The lowest BCUT2D eigenvalue weighted by atomic mass is 10.2. The van der Waals surface area contributed by atoms with Crippen molar-refractivity contribution in [2.24, 2.45) is 7.05 Å². The third-order valence-corrected chi connectivity index (χ3v) is 2.32. The van der Waals surface area contributed by atoms with Gasteiger partial charge in [-0.25, -0.2) is 0 Å². The summed E-state index contributed by atoms with van der Waals surface area (Å²) in [6.07, 6.45) is 1.92. The van der Waals surface area contributed by atoms with Gasteiger partial charge in [0.15, 0.2) is 5.82 Å². The standard InChI is InChI=1S/C11H16N4O/c1-8(2)10-6-11(14-16-10)12-7-9-4-5-15(3)13-9/h4-6,8H,7H2,1-3H3,(H,12,14). The molecule has 0 bridgehead atoms. The zero-order valence-electron chi connectivity index (χ0n) is 9.77. The van der Waals surface area contributed by atoms with Crippen LogP contribution in [0.1, 0.15) is 31.2 Å². The Balaban J connectivity index is 1.94. The first-order chi connectivity index (χ1) is 7.65. The molecular weight excluding hydrogens is 204 g/mol. The molecule has 0 aliphatic carbocycles. The lowest BCUT2D eigenvalue weighted by Gasteiger charge is -1.97. The fraction of sp³-hybridized carbons (Fsp3) is 0.455. The van der Waals surface area contributed by atoms with Crippen molar-refractivity contribution in [3.63, 3.8) is 0 Å². The second kappa shape index (κ2) is 4.38. The number of aryl methyl sites for hydroxylation is 1. The van der Waals surface area contributed by atoms with Crippen molar-refractivity contribution in [1.29, 1.82) is 0 Å². The predicted octanol–water partition coefficient (Wildman–Crippen LogP) is 2.14. The van der Waals surface area contributed by atoms with E-state index < -0.39 is 0 Å². The Kier molecular flexibility index (Phi) is 2.94. The molecule has 0 spiro atoms. The smallest absolute Gasteiger partial charge is 0.169 e. The summed E-state index contributed by atoms with van der Waals surface area (Å²) in [5.41, 5.74) is 0.983. The van der Waals surface area contributed by atoms with E-state index in [2.05, 4.69) is 29.4 Å². The van der Waals surface area contributed by atoms with Crippen molar-refractivity contribution >= 4 is 5.82 Å². The molecular formula is C11H16N4O. The summed E-state index contributed by atoms with van der Waals surface area (Å²) in [6.45, 7) is 4.80. The summed E-state index contributed by atoms with van der Waals surface area (Å²) in [5, 5.41) is 11.4. The number of anilines is 1. The molecule has 0 saturated carbocycles. The molecule has 0 aromatic carbocycles. The highest BCUT2D eigenvalue weighted by atomic mass is 16.5. The maximum absolute atomic E-state index is 5.18. The van der Waals surface area contributed by atoms with Crippen LogP contribution >= 0.6 is 0 Å². The molecule has 1 N–H and O–H groups in total. The van der Waals surface area contributed by atoms with Gasteiger partial charge in [-0.3, -0.25) is 4.68 Å². The number of rotatable bonds is 4. The number of nitrogens with one attached hydrogen (secondary N) is 1. The van der Waals surface area contributed by atoms with Crippen LogP contribution in [0.3, 0.4) is 0 Å². The van der Waals surface area contributed by atoms with E-state index in [9.17, 15) is 0 Å². The first kappa shape index (κ1) is 10.7. The van der Waals surface area contributed by atoms with E-state index >= 15 is 0 Å². The summed E-state index contributed by atoms with van der Waals surface area (Å²) >= 11 is 0. The SMILES string of the molecule is CC(C)c1cc(NCc2ccn(C)n2)no1. The van der Waals surface area contributed by atoms with E-state index in [-0.39, 0.29) is 0 Å². The van der Waals surface area contributed by atoms with Crippen molar-refractivity contribution in [3.05, 3.63) is 29.8 Å². The summed E-state index contributed by atoms with van der Waals surface area (Å²) in [7, 11) is 1.90. The molecule has 5 nitrogen and oxygen atoms in total. The minimum Gasteiger partial charge on any atom is -0.362 e. The summed E-state index contributed by atoms with van der Waals surface area (Å²) in [5.74, 6) is 2.01. The zero-order valence-corrected chi connectivity index (χ0v) is 9.77. The predicted molar refractivity (Wildman–Crippen MR) is 61.1 cm³/mol. The average Bonchev–Trinajstić information content (AvgIpc) is 2.83. The third kappa shape index (κ3) is 2.42. The van der Waals surface area contributed by atoms with E-state index in [1.807, 2.05) is 25.4 Å². The van der Waals surface area contributed by atoms with Crippen LogP contribution in [0, 0.1) is 0 Å². The van der Waals surface area contributed by atoms with Gasteiger partial charge in [0.05, 0.1) is 12.2 Å². The molecule has 0 fully saturated rings. The molecule has 86 valence electrons. The largest absolute Gasteiger partial charge is 0.362 e. The molecule has 2 aromatic heterocycles.